The summed E-state index contributed by atoms with van der Waals surface area (Å²) in [5.41, 5.74) is 2.68. The van der Waals surface area contributed by atoms with E-state index in [-0.39, 0.29) is 18.2 Å². The van der Waals surface area contributed by atoms with Crippen LogP contribution in [0, 0.1) is 24.0 Å². The number of ether oxygens (including phenoxy) is 2. The van der Waals surface area contributed by atoms with E-state index in [4.69, 9.17) is 21.7 Å². The largest absolute Gasteiger partial charge is 0.490 e. The molecule has 1 amide bonds. The van der Waals surface area contributed by atoms with Gasteiger partial charge in [0, 0.05) is 24.2 Å². The summed E-state index contributed by atoms with van der Waals surface area (Å²) in [6, 6.07) is 10.1. The van der Waals surface area contributed by atoms with Crippen LogP contribution in [0.25, 0.3) is 6.08 Å². The van der Waals surface area contributed by atoms with Crippen molar-refractivity contribution in [2.75, 3.05) is 19.8 Å². The lowest BCUT2D eigenvalue weighted by atomic mass is 10.1. The van der Waals surface area contributed by atoms with Gasteiger partial charge in [0.05, 0.1) is 9.83 Å². The zero-order valence-electron chi connectivity index (χ0n) is 17.4. The van der Waals surface area contributed by atoms with E-state index >= 15 is 0 Å². The van der Waals surface area contributed by atoms with E-state index in [9.17, 15) is 14.9 Å². The van der Waals surface area contributed by atoms with Gasteiger partial charge in [-0.25, -0.2) is 0 Å². The van der Waals surface area contributed by atoms with Crippen molar-refractivity contribution in [3.63, 3.8) is 0 Å². The average molecular weight is 459 g/mol. The number of thioether (sulfide) groups is 1. The zero-order chi connectivity index (χ0) is 22.5. The molecule has 0 aromatic heterocycles. The molecule has 0 spiro atoms. The number of benzene rings is 2. The fourth-order valence-corrected chi connectivity index (χ4v) is 4.30. The Bertz CT molecular complexity index is 1070. The summed E-state index contributed by atoms with van der Waals surface area (Å²) in [5.74, 6) is 0.961. The Labute approximate surface area is 190 Å². The first-order chi connectivity index (χ1) is 14.8. The highest BCUT2D eigenvalue weighted by molar-refractivity contribution is 8.26. The lowest BCUT2D eigenvalue weighted by Crippen LogP contribution is -2.27. The molecule has 7 nitrogen and oxygen atoms in total. The van der Waals surface area contributed by atoms with Crippen molar-refractivity contribution in [3.8, 4) is 11.5 Å². The summed E-state index contributed by atoms with van der Waals surface area (Å²) < 4.78 is 12.0. The molecule has 0 N–H and O–H groups in total. The van der Waals surface area contributed by atoms with Crippen molar-refractivity contribution in [1.82, 2.24) is 4.90 Å². The first-order valence-corrected chi connectivity index (χ1v) is 10.9. The number of non-ortho nitro benzene ring substituents is 1. The predicted octanol–water partition coefficient (Wildman–Crippen LogP) is 4.89. The minimum Gasteiger partial charge on any atom is -0.490 e. The number of hydrogen-bond donors (Lipinski definition) is 0. The Morgan fingerprint density at radius 3 is 2.52 bits per heavy atom. The lowest BCUT2D eigenvalue weighted by Gasteiger charge is -2.12. The molecule has 0 radical (unpaired) electrons. The van der Waals surface area contributed by atoms with E-state index in [2.05, 4.69) is 0 Å². The molecule has 1 fully saturated rings. The van der Waals surface area contributed by atoms with Gasteiger partial charge in [0.15, 0.2) is 0 Å². The fourth-order valence-electron chi connectivity index (χ4n) is 2.92. The highest BCUT2D eigenvalue weighted by Crippen LogP contribution is 2.35. The fraction of sp³-hybridized carbons (Fsp3) is 0.273. The number of hydrogen-bond acceptors (Lipinski definition) is 7. The topological polar surface area (TPSA) is 81.9 Å². The minimum atomic E-state index is -0.485. The summed E-state index contributed by atoms with van der Waals surface area (Å²) in [7, 11) is 0. The summed E-state index contributed by atoms with van der Waals surface area (Å²) in [6.45, 7) is 6.90. The van der Waals surface area contributed by atoms with Crippen LogP contribution in [0.1, 0.15) is 23.6 Å². The number of nitro groups is 1. The number of amides is 1. The van der Waals surface area contributed by atoms with Gasteiger partial charge in [-0.15, -0.1) is 0 Å². The maximum Gasteiger partial charge on any atom is 0.270 e. The molecule has 3 rings (SSSR count). The number of nitro benzene ring substituents is 1. The summed E-state index contributed by atoms with van der Waals surface area (Å²) in [6.07, 6.45) is 1.58. The average Bonchev–Trinajstić information content (AvgIpc) is 3.00. The molecule has 2 aromatic carbocycles. The van der Waals surface area contributed by atoms with Crippen LogP contribution in [0.15, 0.2) is 41.3 Å². The normalized spacial score (nSPS) is 14.9. The first-order valence-electron chi connectivity index (χ1n) is 9.66. The van der Waals surface area contributed by atoms with Gasteiger partial charge in [0.2, 0.25) is 0 Å². The maximum absolute atomic E-state index is 12.5. The molecule has 1 heterocycles. The number of aryl methyl sites for hydroxylation is 2. The molecule has 1 saturated heterocycles. The molecule has 0 saturated carbocycles. The summed E-state index contributed by atoms with van der Waals surface area (Å²) in [4.78, 5) is 25.1. The number of nitrogens with zero attached hydrogens (tertiary/aromatic N) is 2. The summed E-state index contributed by atoms with van der Waals surface area (Å²) >= 11 is 6.40. The van der Waals surface area contributed by atoms with Crippen molar-refractivity contribution in [3.05, 3.63) is 68.1 Å². The molecule has 0 unspecified atom stereocenters. The van der Waals surface area contributed by atoms with Crippen molar-refractivity contribution >= 4 is 46.0 Å². The Morgan fingerprint density at radius 1 is 1.13 bits per heavy atom. The Hall–Kier alpha value is -2.91. The third-order valence-corrected chi connectivity index (χ3v) is 6.15. The molecule has 1 aliphatic heterocycles. The minimum absolute atomic E-state index is 0.0871. The number of thiocarbonyl (C=S) groups is 1. The Morgan fingerprint density at radius 2 is 1.87 bits per heavy atom. The molecule has 0 aliphatic carbocycles. The van der Waals surface area contributed by atoms with Crippen molar-refractivity contribution in [2.45, 2.75) is 20.8 Å². The number of carbonyl (C=O) groups excluding carboxylic acids is 1. The molecular weight excluding hydrogens is 436 g/mol. The van der Waals surface area contributed by atoms with Gasteiger partial charge in [-0.2, -0.15) is 0 Å². The number of carbonyl (C=O) groups is 1. The smallest absolute Gasteiger partial charge is 0.270 e. The van der Waals surface area contributed by atoms with Gasteiger partial charge in [0.25, 0.3) is 11.6 Å². The van der Waals surface area contributed by atoms with Gasteiger partial charge in [0.1, 0.15) is 29.0 Å². The predicted molar refractivity (Wildman–Crippen MR) is 126 cm³/mol. The lowest BCUT2D eigenvalue weighted by molar-refractivity contribution is -0.384. The second-order valence-corrected chi connectivity index (χ2v) is 8.52. The van der Waals surface area contributed by atoms with Gasteiger partial charge >= 0.3 is 0 Å². The van der Waals surface area contributed by atoms with Crippen LogP contribution in [-0.2, 0) is 4.79 Å². The van der Waals surface area contributed by atoms with Crippen molar-refractivity contribution in [1.29, 1.82) is 0 Å². The van der Waals surface area contributed by atoms with Crippen LogP contribution in [0.4, 0.5) is 5.69 Å². The monoisotopic (exact) mass is 458 g/mol. The Kier molecular flexibility index (Phi) is 7.29. The van der Waals surface area contributed by atoms with Gasteiger partial charge < -0.3 is 9.47 Å². The number of likely N-dealkylation sites (N-methyl/N-ethyl adjacent to an activating group) is 1. The SMILES string of the molecule is CCN1C(=O)/C(=C\c2cc([N+](=O)[O-])ccc2OCCOc2ccc(C)c(C)c2)SC1=S. The molecule has 0 atom stereocenters. The summed E-state index contributed by atoms with van der Waals surface area (Å²) in [5, 5.41) is 11.2. The number of rotatable bonds is 8. The molecule has 162 valence electrons. The van der Waals surface area contributed by atoms with E-state index in [1.165, 1.54) is 40.4 Å². The van der Waals surface area contributed by atoms with Crippen LogP contribution in [0.5, 0.6) is 11.5 Å². The van der Waals surface area contributed by atoms with E-state index in [0.29, 0.717) is 33.7 Å². The third-order valence-electron chi connectivity index (χ3n) is 4.77. The molecular formula is C22H22N2O5S2. The van der Waals surface area contributed by atoms with Crippen LogP contribution in [-0.4, -0.2) is 39.8 Å². The van der Waals surface area contributed by atoms with Crippen LogP contribution in [0.2, 0.25) is 0 Å². The molecule has 9 heteroatoms. The van der Waals surface area contributed by atoms with Crippen molar-refractivity contribution in [2.24, 2.45) is 0 Å². The molecule has 0 bridgehead atoms. The van der Waals surface area contributed by atoms with E-state index in [1.807, 2.05) is 39.0 Å². The molecule has 31 heavy (non-hydrogen) atoms. The second kappa shape index (κ2) is 9.93. The van der Waals surface area contributed by atoms with Crippen LogP contribution >= 0.6 is 24.0 Å². The highest BCUT2D eigenvalue weighted by Gasteiger charge is 2.31. The third kappa shape index (κ3) is 5.42. The zero-order valence-corrected chi connectivity index (χ0v) is 19.0. The Balaban J connectivity index is 1.75. The highest BCUT2D eigenvalue weighted by atomic mass is 32.2. The van der Waals surface area contributed by atoms with Crippen LogP contribution < -0.4 is 9.47 Å². The standard InChI is InChI=1S/C22H22N2O5S2/c1-4-23-21(25)20(31-22(23)30)13-16-12-17(24(26)27)6-8-19(16)29-10-9-28-18-7-5-14(2)15(3)11-18/h5-8,11-13H,4,9-10H2,1-3H3/b20-13+. The molecule has 1 aliphatic rings. The van der Waals surface area contributed by atoms with Crippen LogP contribution in [0.3, 0.4) is 0 Å². The van der Waals surface area contributed by atoms with Gasteiger partial charge in [-0.1, -0.05) is 30.0 Å². The second-order valence-electron chi connectivity index (χ2n) is 6.85. The van der Waals surface area contributed by atoms with E-state index < -0.39 is 4.92 Å². The quantitative estimate of drug-likeness (QED) is 0.183. The maximum atomic E-state index is 12.5. The van der Waals surface area contributed by atoms with Crippen molar-refractivity contribution < 1.29 is 19.2 Å². The van der Waals surface area contributed by atoms with E-state index in [0.717, 1.165) is 11.3 Å². The van der Waals surface area contributed by atoms with Gasteiger partial charge in [-0.3, -0.25) is 19.8 Å². The van der Waals surface area contributed by atoms with E-state index in [1.54, 1.807) is 6.08 Å². The van der Waals surface area contributed by atoms with Gasteiger partial charge in [-0.05, 0) is 56.2 Å². The molecule has 2 aromatic rings. The first kappa shape index (κ1) is 22.8.